The number of aliphatic hydroxyl groups excluding tert-OH is 1. The number of benzene rings is 1. The number of aliphatic hydroxyl groups is 1. The van der Waals surface area contributed by atoms with Gasteiger partial charge in [0, 0.05) is 10.5 Å². The maximum absolute atomic E-state index is 12.9. The van der Waals surface area contributed by atoms with Crippen molar-refractivity contribution in [3.05, 3.63) is 33.0 Å². The molecule has 0 bridgehead atoms. The Hall–Kier alpha value is -1.38. The van der Waals surface area contributed by atoms with E-state index in [4.69, 9.17) is 0 Å². The average molecular weight is 468 g/mol. The maximum Gasteiger partial charge on any atom is 0.262 e. The Bertz CT molecular complexity index is 892. The van der Waals surface area contributed by atoms with Gasteiger partial charge in [-0.1, -0.05) is 53.4 Å². The van der Waals surface area contributed by atoms with Crippen molar-refractivity contribution >= 4 is 44.5 Å². The number of rotatable bonds is 6. The molecule has 1 fully saturated rings. The highest BCUT2D eigenvalue weighted by molar-refractivity contribution is 9.10. The summed E-state index contributed by atoms with van der Waals surface area (Å²) in [5.74, 6) is 0.163. The third kappa shape index (κ3) is 5.58. The number of thioether (sulfide) groups is 1. The molecule has 28 heavy (non-hydrogen) atoms. The largest absolute Gasteiger partial charge is 0.392 e. The Morgan fingerprint density at radius 2 is 2.07 bits per heavy atom. The van der Waals surface area contributed by atoms with E-state index in [9.17, 15) is 14.7 Å². The Morgan fingerprint density at radius 3 is 2.75 bits per heavy atom. The lowest BCUT2D eigenvalue weighted by molar-refractivity contribution is -0.119. The molecule has 1 saturated carbocycles. The van der Waals surface area contributed by atoms with Crippen LogP contribution in [0.4, 0.5) is 0 Å². The summed E-state index contributed by atoms with van der Waals surface area (Å²) in [5, 5.41) is 13.9. The summed E-state index contributed by atoms with van der Waals surface area (Å²) in [6, 6.07) is 5.60. The van der Waals surface area contributed by atoms with E-state index in [1.54, 1.807) is 19.1 Å². The van der Waals surface area contributed by atoms with Crippen molar-refractivity contribution in [3.8, 4) is 0 Å². The van der Waals surface area contributed by atoms with E-state index >= 15 is 0 Å². The Labute approximate surface area is 177 Å². The Kier molecular flexibility index (Phi) is 7.54. The van der Waals surface area contributed by atoms with Crippen LogP contribution in [0.5, 0.6) is 0 Å². The highest BCUT2D eigenvalue weighted by Gasteiger charge is 2.17. The first-order valence-electron chi connectivity index (χ1n) is 9.74. The first-order valence-corrected chi connectivity index (χ1v) is 11.5. The van der Waals surface area contributed by atoms with Gasteiger partial charge in [0.2, 0.25) is 5.91 Å². The smallest absolute Gasteiger partial charge is 0.262 e. The number of amides is 1. The first-order chi connectivity index (χ1) is 13.4. The van der Waals surface area contributed by atoms with Gasteiger partial charge in [0.15, 0.2) is 5.16 Å². The molecule has 152 valence electrons. The molecule has 3 rings (SSSR count). The minimum Gasteiger partial charge on any atom is -0.392 e. The summed E-state index contributed by atoms with van der Waals surface area (Å²) < 4.78 is 2.26. The zero-order valence-electron chi connectivity index (χ0n) is 16.0. The van der Waals surface area contributed by atoms with Gasteiger partial charge in [-0.25, -0.2) is 4.98 Å². The summed E-state index contributed by atoms with van der Waals surface area (Å²) in [6.07, 6.45) is 6.18. The van der Waals surface area contributed by atoms with E-state index in [2.05, 4.69) is 26.2 Å². The van der Waals surface area contributed by atoms with Crippen molar-refractivity contribution in [1.29, 1.82) is 0 Å². The molecule has 0 aliphatic heterocycles. The van der Waals surface area contributed by atoms with Crippen molar-refractivity contribution < 1.29 is 9.90 Å². The molecule has 2 aromatic rings. The van der Waals surface area contributed by atoms with Crippen LogP contribution in [-0.4, -0.2) is 38.5 Å². The molecule has 1 heterocycles. The number of nitrogens with zero attached hydrogens (tertiary/aromatic N) is 2. The Balaban J connectivity index is 1.78. The molecule has 1 aromatic heterocycles. The second-order valence-corrected chi connectivity index (χ2v) is 9.22. The van der Waals surface area contributed by atoms with Gasteiger partial charge in [0.25, 0.3) is 5.56 Å². The molecule has 6 nitrogen and oxygen atoms in total. The summed E-state index contributed by atoms with van der Waals surface area (Å²) in [6.45, 7) is 1.77. The summed E-state index contributed by atoms with van der Waals surface area (Å²) >= 11 is 4.62. The van der Waals surface area contributed by atoms with E-state index in [0.717, 1.165) is 30.2 Å². The van der Waals surface area contributed by atoms with E-state index in [-0.39, 0.29) is 29.8 Å². The zero-order valence-corrected chi connectivity index (χ0v) is 18.4. The average Bonchev–Trinajstić information content (AvgIpc) is 2.91. The fraction of sp³-hybridized carbons (Fsp3) is 0.550. The van der Waals surface area contributed by atoms with Crippen LogP contribution in [0, 0.1) is 0 Å². The summed E-state index contributed by atoms with van der Waals surface area (Å²) in [4.78, 5) is 29.9. The van der Waals surface area contributed by atoms with Gasteiger partial charge in [0.05, 0.1) is 29.3 Å². The minimum atomic E-state index is -0.691. The quantitative estimate of drug-likeness (QED) is 0.385. The molecule has 2 N–H and O–H groups in total. The van der Waals surface area contributed by atoms with E-state index < -0.39 is 6.10 Å². The van der Waals surface area contributed by atoms with Gasteiger partial charge in [-0.2, -0.15) is 0 Å². The number of hydrogen-bond donors (Lipinski definition) is 2. The fourth-order valence-corrected chi connectivity index (χ4v) is 4.71. The molecule has 0 unspecified atom stereocenters. The standard InChI is InChI=1S/C20H26BrN3O3S/c1-13(25)11-24-19(27)16-10-14(21)8-9-17(16)23-20(24)28-12-18(26)22-15-6-4-2-3-5-7-15/h8-10,13,15,25H,2-7,11-12H2,1H3,(H,22,26)/t13-/m1/s1. The topological polar surface area (TPSA) is 84.2 Å². The van der Waals surface area contributed by atoms with Gasteiger partial charge in [-0.05, 0) is 38.0 Å². The molecule has 1 amide bonds. The van der Waals surface area contributed by atoms with E-state index in [1.165, 1.54) is 29.2 Å². The predicted octanol–water partition coefficient (Wildman–Crippen LogP) is 3.47. The van der Waals surface area contributed by atoms with Gasteiger partial charge >= 0.3 is 0 Å². The maximum atomic E-state index is 12.9. The summed E-state index contributed by atoms with van der Waals surface area (Å²) in [5.41, 5.74) is 0.376. The number of hydrogen-bond acceptors (Lipinski definition) is 5. The van der Waals surface area contributed by atoms with Gasteiger partial charge in [0.1, 0.15) is 0 Å². The number of fused-ring (bicyclic) bond motifs is 1. The van der Waals surface area contributed by atoms with Crippen LogP contribution >= 0.6 is 27.7 Å². The fourth-order valence-electron chi connectivity index (χ4n) is 3.53. The highest BCUT2D eigenvalue weighted by atomic mass is 79.9. The number of halogens is 1. The zero-order chi connectivity index (χ0) is 20.1. The first kappa shape index (κ1) is 21.3. The SMILES string of the molecule is C[C@@H](O)Cn1c(SCC(=O)NC2CCCCCC2)nc2ccc(Br)cc2c1=O. The van der Waals surface area contributed by atoms with Crippen LogP contribution < -0.4 is 10.9 Å². The van der Waals surface area contributed by atoms with E-state index in [1.807, 2.05) is 6.07 Å². The molecule has 1 aliphatic carbocycles. The van der Waals surface area contributed by atoms with Crippen molar-refractivity contribution in [2.45, 2.75) is 69.3 Å². The van der Waals surface area contributed by atoms with Gasteiger partial charge < -0.3 is 10.4 Å². The van der Waals surface area contributed by atoms with Crippen molar-refractivity contribution in [2.24, 2.45) is 0 Å². The molecular weight excluding hydrogens is 442 g/mol. The predicted molar refractivity (Wildman–Crippen MR) is 116 cm³/mol. The molecular formula is C20H26BrN3O3S. The van der Waals surface area contributed by atoms with Gasteiger partial charge in [-0.3, -0.25) is 14.2 Å². The normalized spacial score (nSPS) is 16.7. The van der Waals surface area contributed by atoms with Crippen LogP contribution in [0.3, 0.4) is 0 Å². The number of carbonyl (C=O) groups excluding carboxylic acids is 1. The molecule has 1 aliphatic rings. The molecule has 0 spiro atoms. The van der Waals surface area contributed by atoms with E-state index in [0.29, 0.717) is 16.1 Å². The molecule has 8 heteroatoms. The second kappa shape index (κ2) is 9.89. The van der Waals surface area contributed by atoms with Crippen LogP contribution in [0.2, 0.25) is 0 Å². The van der Waals surface area contributed by atoms with Crippen LogP contribution in [0.1, 0.15) is 45.4 Å². The third-order valence-corrected chi connectivity index (χ3v) is 6.35. The minimum absolute atomic E-state index is 0.0364. The second-order valence-electron chi connectivity index (χ2n) is 7.37. The van der Waals surface area contributed by atoms with Gasteiger partial charge in [-0.15, -0.1) is 0 Å². The number of aromatic nitrogens is 2. The van der Waals surface area contributed by atoms with Crippen molar-refractivity contribution in [1.82, 2.24) is 14.9 Å². The van der Waals surface area contributed by atoms with Crippen LogP contribution in [0.25, 0.3) is 10.9 Å². The van der Waals surface area contributed by atoms with Crippen molar-refractivity contribution in [3.63, 3.8) is 0 Å². The molecule has 0 saturated heterocycles. The Morgan fingerprint density at radius 1 is 1.36 bits per heavy atom. The number of carbonyl (C=O) groups is 1. The lowest BCUT2D eigenvalue weighted by atomic mass is 10.1. The molecule has 1 aromatic carbocycles. The van der Waals surface area contributed by atoms with Crippen molar-refractivity contribution in [2.75, 3.05) is 5.75 Å². The monoisotopic (exact) mass is 467 g/mol. The summed E-state index contributed by atoms with van der Waals surface area (Å²) in [7, 11) is 0. The van der Waals surface area contributed by atoms with Crippen LogP contribution in [0.15, 0.2) is 32.6 Å². The molecule has 1 atom stereocenters. The lowest BCUT2D eigenvalue weighted by Crippen LogP contribution is -2.36. The lowest BCUT2D eigenvalue weighted by Gasteiger charge is -2.17. The van der Waals surface area contributed by atoms with Crippen LogP contribution in [-0.2, 0) is 11.3 Å². The molecule has 0 radical (unpaired) electrons. The highest BCUT2D eigenvalue weighted by Crippen LogP contribution is 2.21. The number of nitrogens with one attached hydrogen (secondary N) is 1. The third-order valence-electron chi connectivity index (χ3n) is 4.88.